The van der Waals surface area contributed by atoms with Crippen LogP contribution in [0.5, 0.6) is 0 Å². The molecule has 6 heteroatoms. The second-order valence-corrected chi connectivity index (χ2v) is 6.28. The Morgan fingerprint density at radius 3 is 2.33 bits per heavy atom. The molecule has 0 saturated carbocycles. The maximum atomic E-state index is 12.5. The van der Waals surface area contributed by atoms with Crippen molar-refractivity contribution in [2.45, 2.75) is 45.2 Å². The van der Waals surface area contributed by atoms with Crippen LogP contribution in [0.25, 0.3) is 0 Å². The first kappa shape index (κ1) is 15.1. The van der Waals surface area contributed by atoms with Crippen molar-refractivity contribution in [2.75, 3.05) is 18.6 Å². The van der Waals surface area contributed by atoms with E-state index in [2.05, 4.69) is 5.32 Å². The predicted octanol–water partition coefficient (Wildman–Crippen LogP) is 0.271. The zero-order chi connectivity index (χ0) is 13.9. The number of rotatable bonds is 5. The van der Waals surface area contributed by atoms with Gasteiger partial charge in [0.15, 0.2) is 0 Å². The Balaban J connectivity index is 2.95. The highest BCUT2D eigenvalue weighted by Crippen LogP contribution is 2.24. The van der Waals surface area contributed by atoms with Crippen LogP contribution in [0.1, 0.15) is 33.6 Å². The Hall–Kier alpha value is -0.910. The van der Waals surface area contributed by atoms with E-state index in [-0.39, 0.29) is 11.8 Å². The van der Waals surface area contributed by atoms with Gasteiger partial charge in [0.1, 0.15) is 11.6 Å². The Morgan fingerprint density at radius 2 is 1.89 bits per heavy atom. The van der Waals surface area contributed by atoms with Gasteiger partial charge in [0.05, 0.1) is 0 Å². The van der Waals surface area contributed by atoms with E-state index in [1.807, 2.05) is 13.8 Å². The highest BCUT2D eigenvalue weighted by atomic mass is 32.2. The number of nitrogens with zero attached hydrogens (tertiary/aromatic N) is 1. The van der Waals surface area contributed by atoms with Gasteiger partial charge in [-0.25, -0.2) is 0 Å². The van der Waals surface area contributed by atoms with Crippen molar-refractivity contribution in [2.24, 2.45) is 0 Å². The van der Waals surface area contributed by atoms with Crippen molar-refractivity contribution in [3.05, 3.63) is 0 Å². The number of carbonyl (C=O) groups excluding carboxylic acids is 2. The lowest BCUT2D eigenvalue weighted by molar-refractivity contribution is -0.154. The van der Waals surface area contributed by atoms with Crippen LogP contribution in [-0.4, -0.2) is 51.1 Å². The summed E-state index contributed by atoms with van der Waals surface area (Å²) in [6.07, 6.45) is 2.76. The summed E-state index contributed by atoms with van der Waals surface area (Å²) in [5.41, 5.74) is -0.779. The van der Waals surface area contributed by atoms with Crippen molar-refractivity contribution in [3.8, 4) is 0 Å². The van der Waals surface area contributed by atoms with Gasteiger partial charge in [-0.05, 0) is 19.8 Å². The van der Waals surface area contributed by atoms with Gasteiger partial charge >= 0.3 is 0 Å². The van der Waals surface area contributed by atoms with E-state index < -0.39 is 22.4 Å². The van der Waals surface area contributed by atoms with E-state index in [0.717, 1.165) is 0 Å². The minimum Gasteiger partial charge on any atom is -0.340 e. The minimum atomic E-state index is -0.963. The topological polar surface area (TPSA) is 66.5 Å². The lowest BCUT2D eigenvalue weighted by Gasteiger charge is -2.44. The highest BCUT2D eigenvalue weighted by molar-refractivity contribution is 7.84. The fourth-order valence-corrected chi connectivity index (χ4v) is 2.69. The Labute approximate surface area is 111 Å². The second-order valence-electron chi connectivity index (χ2n) is 4.73. The molecule has 104 valence electrons. The van der Waals surface area contributed by atoms with Crippen LogP contribution >= 0.6 is 0 Å². The monoisotopic (exact) mass is 274 g/mol. The number of carbonyl (C=O) groups is 2. The van der Waals surface area contributed by atoms with Crippen LogP contribution in [0.15, 0.2) is 0 Å². The summed E-state index contributed by atoms with van der Waals surface area (Å²) < 4.78 is 11.2. The van der Waals surface area contributed by atoms with Crippen molar-refractivity contribution >= 4 is 22.6 Å². The van der Waals surface area contributed by atoms with E-state index in [9.17, 15) is 13.8 Å². The van der Waals surface area contributed by atoms with Crippen molar-refractivity contribution < 1.29 is 13.8 Å². The molecule has 5 nitrogen and oxygen atoms in total. The Morgan fingerprint density at radius 1 is 1.33 bits per heavy atom. The molecule has 18 heavy (non-hydrogen) atoms. The molecule has 0 aliphatic carbocycles. The molecule has 0 radical (unpaired) electrons. The normalized spacial score (nSPS) is 24.9. The molecule has 1 fully saturated rings. The molecular formula is C12H22N2O3S. The van der Waals surface area contributed by atoms with Crippen molar-refractivity contribution in [3.63, 3.8) is 0 Å². The lowest BCUT2D eigenvalue weighted by atomic mass is 9.87. The van der Waals surface area contributed by atoms with Gasteiger partial charge in [-0.1, -0.05) is 13.8 Å². The van der Waals surface area contributed by atoms with E-state index >= 15 is 0 Å². The average molecular weight is 274 g/mol. The summed E-state index contributed by atoms with van der Waals surface area (Å²) in [7, 11) is -0.963. The van der Waals surface area contributed by atoms with Crippen LogP contribution in [0.4, 0.5) is 0 Å². The molecule has 1 saturated heterocycles. The molecule has 0 spiro atoms. The molecule has 1 aliphatic rings. The smallest absolute Gasteiger partial charge is 0.249 e. The first-order chi connectivity index (χ1) is 8.38. The number of amides is 2. The summed E-state index contributed by atoms with van der Waals surface area (Å²) >= 11 is 0. The summed E-state index contributed by atoms with van der Waals surface area (Å²) in [6, 6.07) is -0.479. The first-order valence-electron chi connectivity index (χ1n) is 6.31. The Bertz CT molecular complexity index is 366. The summed E-state index contributed by atoms with van der Waals surface area (Å²) in [5, 5.41) is 2.84. The van der Waals surface area contributed by atoms with Crippen LogP contribution in [0, 0.1) is 0 Å². The summed E-state index contributed by atoms with van der Waals surface area (Å²) in [5.74, 6) is 0.234. The fraction of sp³-hybridized carbons (Fsp3) is 0.833. The van der Waals surface area contributed by atoms with Gasteiger partial charge in [0, 0.05) is 29.4 Å². The third-order valence-corrected chi connectivity index (χ3v) is 4.46. The van der Waals surface area contributed by atoms with E-state index in [0.29, 0.717) is 25.1 Å². The summed E-state index contributed by atoms with van der Waals surface area (Å²) in [6.45, 7) is 5.88. The second kappa shape index (κ2) is 5.82. The SMILES string of the molecule is CCC1(CC)NC(=O)C(C)N(CCS(C)=O)C1=O. The molecule has 0 aromatic heterocycles. The highest BCUT2D eigenvalue weighted by Gasteiger charge is 2.47. The maximum Gasteiger partial charge on any atom is 0.249 e. The third kappa shape index (κ3) is 2.74. The lowest BCUT2D eigenvalue weighted by Crippen LogP contribution is -2.69. The Kier molecular flexibility index (Phi) is 4.90. The van der Waals surface area contributed by atoms with Crippen LogP contribution < -0.4 is 5.32 Å². The summed E-state index contributed by atoms with van der Waals surface area (Å²) in [4.78, 5) is 26.0. The fourth-order valence-electron chi connectivity index (χ4n) is 2.24. The first-order valence-corrected chi connectivity index (χ1v) is 8.03. The average Bonchev–Trinajstić information content (AvgIpc) is 2.33. The number of piperazine rings is 1. The quantitative estimate of drug-likeness (QED) is 0.782. The van der Waals surface area contributed by atoms with Gasteiger partial charge in [0.25, 0.3) is 0 Å². The van der Waals surface area contributed by atoms with E-state index in [1.165, 1.54) is 0 Å². The molecule has 1 rings (SSSR count). The minimum absolute atomic E-state index is 0.0509. The largest absolute Gasteiger partial charge is 0.340 e. The van der Waals surface area contributed by atoms with Crippen LogP contribution in [0.3, 0.4) is 0 Å². The predicted molar refractivity (Wildman–Crippen MR) is 71.6 cm³/mol. The molecule has 0 aromatic carbocycles. The maximum absolute atomic E-state index is 12.5. The molecule has 2 atom stereocenters. The number of hydrogen-bond donors (Lipinski definition) is 1. The molecule has 0 bridgehead atoms. The van der Waals surface area contributed by atoms with Gasteiger partial charge in [-0.15, -0.1) is 0 Å². The van der Waals surface area contributed by atoms with Crippen LogP contribution in [0.2, 0.25) is 0 Å². The molecule has 1 heterocycles. The van der Waals surface area contributed by atoms with Crippen molar-refractivity contribution in [1.29, 1.82) is 0 Å². The van der Waals surface area contributed by atoms with Gasteiger partial charge < -0.3 is 10.2 Å². The standard InChI is InChI=1S/C12H22N2O3S/c1-5-12(6-2)11(16)14(7-8-18(4)17)9(3)10(15)13-12/h9H,5-8H2,1-4H3,(H,13,15). The number of nitrogens with one attached hydrogen (secondary N) is 1. The van der Waals surface area contributed by atoms with Crippen molar-refractivity contribution in [1.82, 2.24) is 10.2 Å². The molecule has 2 unspecified atom stereocenters. The zero-order valence-electron chi connectivity index (χ0n) is 11.5. The molecule has 1 N–H and O–H groups in total. The molecule has 1 aliphatic heterocycles. The zero-order valence-corrected chi connectivity index (χ0v) is 12.3. The number of hydrogen-bond acceptors (Lipinski definition) is 3. The molecular weight excluding hydrogens is 252 g/mol. The van der Waals surface area contributed by atoms with E-state index in [4.69, 9.17) is 0 Å². The third-order valence-electron chi connectivity index (χ3n) is 3.71. The van der Waals surface area contributed by atoms with E-state index in [1.54, 1.807) is 18.1 Å². The molecule has 2 amide bonds. The molecule has 0 aromatic rings. The van der Waals surface area contributed by atoms with Gasteiger partial charge in [-0.3, -0.25) is 13.8 Å². The van der Waals surface area contributed by atoms with Gasteiger partial charge in [-0.2, -0.15) is 0 Å². The van der Waals surface area contributed by atoms with Gasteiger partial charge in [0.2, 0.25) is 11.8 Å². The van der Waals surface area contributed by atoms with Crippen LogP contribution in [-0.2, 0) is 20.4 Å².